The summed E-state index contributed by atoms with van der Waals surface area (Å²) in [5.74, 6) is -1.02. The number of carboxylic acid groups (broad SMARTS) is 1. The van der Waals surface area contributed by atoms with Gasteiger partial charge in [-0.2, -0.15) is 0 Å². The van der Waals surface area contributed by atoms with E-state index in [0.29, 0.717) is 19.5 Å². The van der Waals surface area contributed by atoms with Crippen molar-refractivity contribution in [1.29, 1.82) is 0 Å². The topological polar surface area (TPSA) is 83.6 Å². The fraction of sp³-hybridized carbons (Fsp3) is 0.500. The Morgan fingerprint density at radius 3 is 2.62 bits per heavy atom. The van der Waals surface area contributed by atoms with Crippen LogP contribution in [0.15, 0.2) is 30.3 Å². The number of carbonyl (C=O) groups is 2. The van der Waals surface area contributed by atoms with E-state index < -0.39 is 23.3 Å². The van der Waals surface area contributed by atoms with Crippen LogP contribution in [0, 0.1) is 11.3 Å². The van der Waals surface area contributed by atoms with Gasteiger partial charge in [-0.3, -0.25) is 14.5 Å². The second-order valence-corrected chi connectivity index (χ2v) is 6.20. The summed E-state index contributed by atoms with van der Waals surface area (Å²) in [5, 5.41) is 9.64. The van der Waals surface area contributed by atoms with E-state index in [1.54, 1.807) is 0 Å². The lowest BCUT2D eigenvalue weighted by atomic mass is 9.81. The molecule has 3 N–H and O–H groups in total. The minimum Gasteiger partial charge on any atom is -0.481 e. The van der Waals surface area contributed by atoms with Gasteiger partial charge in [0.2, 0.25) is 5.91 Å². The van der Waals surface area contributed by atoms with Gasteiger partial charge < -0.3 is 10.8 Å². The zero-order chi connectivity index (χ0) is 15.0. The maximum atomic E-state index is 11.9. The minimum atomic E-state index is -0.733. The SMILES string of the molecule is NC(=O)C(c1ccccc1)N1C[C@@H]2CCC[C@@]2(C(=O)O)C1. The van der Waals surface area contributed by atoms with Crippen molar-refractivity contribution in [2.24, 2.45) is 17.1 Å². The maximum Gasteiger partial charge on any atom is 0.311 e. The Kier molecular flexibility index (Phi) is 3.45. The molecule has 1 aromatic carbocycles. The van der Waals surface area contributed by atoms with Crippen molar-refractivity contribution in [2.75, 3.05) is 13.1 Å². The number of nitrogens with two attached hydrogens (primary N) is 1. The smallest absolute Gasteiger partial charge is 0.311 e. The predicted octanol–water partition coefficient (Wildman–Crippen LogP) is 1.40. The Hall–Kier alpha value is -1.88. The van der Waals surface area contributed by atoms with Gasteiger partial charge in [-0.15, -0.1) is 0 Å². The summed E-state index contributed by atoms with van der Waals surface area (Å²) >= 11 is 0. The van der Waals surface area contributed by atoms with E-state index in [1.165, 1.54) is 0 Å². The molecule has 1 aliphatic heterocycles. The van der Waals surface area contributed by atoms with E-state index in [-0.39, 0.29) is 5.92 Å². The van der Waals surface area contributed by atoms with Gasteiger partial charge >= 0.3 is 5.97 Å². The van der Waals surface area contributed by atoms with E-state index in [2.05, 4.69) is 0 Å². The zero-order valence-electron chi connectivity index (χ0n) is 11.9. The Labute approximate surface area is 123 Å². The lowest BCUT2D eigenvalue weighted by Gasteiger charge is -2.28. The first-order valence-corrected chi connectivity index (χ1v) is 7.36. The summed E-state index contributed by atoms with van der Waals surface area (Å²) in [6.45, 7) is 1.05. The second kappa shape index (κ2) is 5.15. The van der Waals surface area contributed by atoms with Crippen LogP contribution in [-0.4, -0.2) is 35.0 Å². The largest absolute Gasteiger partial charge is 0.481 e. The highest BCUT2D eigenvalue weighted by molar-refractivity contribution is 5.82. The second-order valence-electron chi connectivity index (χ2n) is 6.20. The third-order valence-electron chi connectivity index (χ3n) is 5.07. The molecule has 0 aromatic heterocycles. The zero-order valence-corrected chi connectivity index (χ0v) is 11.9. The molecule has 1 aliphatic carbocycles. The molecule has 1 aromatic rings. The summed E-state index contributed by atoms with van der Waals surface area (Å²) in [6.07, 6.45) is 2.57. The number of fused-ring (bicyclic) bond motifs is 1. The molecule has 2 fully saturated rings. The molecule has 1 unspecified atom stereocenters. The molecule has 5 nitrogen and oxygen atoms in total. The van der Waals surface area contributed by atoms with Crippen LogP contribution in [0.1, 0.15) is 30.9 Å². The molecular formula is C16H20N2O3. The first kappa shape index (κ1) is 14.1. The van der Waals surface area contributed by atoms with Crippen molar-refractivity contribution >= 4 is 11.9 Å². The number of carbonyl (C=O) groups excluding carboxylic acids is 1. The Morgan fingerprint density at radius 1 is 1.33 bits per heavy atom. The number of aliphatic carboxylic acids is 1. The Bertz CT molecular complexity index is 560. The van der Waals surface area contributed by atoms with Crippen LogP contribution in [0.4, 0.5) is 0 Å². The fourth-order valence-electron chi connectivity index (χ4n) is 4.06. The molecular weight excluding hydrogens is 268 g/mol. The van der Waals surface area contributed by atoms with Crippen molar-refractivity contribution in [1.82, 2.24) is 4.90 Å². The Balaban J connectivity index is 1.90. The van der Waals surface area contributed by atoms with E-state index in [1.807, 2.05) is 35.2 Å². The maximum absolute atomic E-state index is 11.9. The summed E-state index contributed by atoms with van der Waals surface area (Å²) in [7, 11) is 0. The van der Waals surface area contributed by atoms with E-state index >= 15 is 0 Å². The standard InChI is InChI=1S/C16H20N2O3/c17-14(19)13(11-5-2-1-3-6-11)18-9-12-7-4-8-16(12,10-18)15(20)21/h1-3,5-6,12-13H,4,7-10H2,(H2,17,19)(H,20,21)/t12-,13?,16+/m0/s1. The Morgan fingerprint density at radius 2 is 2.05 bits per heavy atom. The van der Waals surface area contributed by atoms with Gasteiger partial charge in [-0.1, -0.05) is 36.8 Å². The first-order chi connectivity index (χ1) is 10.0. The molecule has 5 heteroatoms. The van der Waals surface area contributed by atoms with E-state index in [9.17, 15) is 14.7 Å². The normalized spacial score (nSPS) is 30.0. The monoisotopic (exact) mass is 288 g/mol. The van der Waals surface area contributed by atoms with Crippen molar-refractivity contribution in [3.05, 3.63) is 35.9 Å². The fourth-order valence-corrected chi connectivity index (χ4v) is 4.06. The van der Waals surface area contributed by atoms with Gasteiger partial charge in [0.15, 0.2) is 0 Å². The van der Waals surface area contributed by atoms with Crippen LogP contribution < -0.4 is 5.73 Å². The number of hydrogen-bond acceptors (Lipinski definition) is 3. The third kappa shape index (κ3) is 2.21. The number of likely N-dealkylation sites (tertiary alicyclic amines) is 1. The van der Waals surface area contributed by atoms with Gasteiger partial charge in [0.05, 0.1) is 5.41 Å². The van der Waals surface area contributed by atoms with Crippen LogP contribution in [0.3, 0.4) is 0 Å². The van der Waals surface area contributed by atoms with Crippen molar-refractivity contribution < 1.29 is 14.7 Å². The molecule has 21 heavy (non-hydrogen) atoms. The highest BCUT2D eigenvalue weighted by Gasteiger charge is 2.56. The third-order valence-corrected chi connectivity index (χ3v) is 5.07. The number of primary amides is 1. The minimum absolute atomic E-state index is 0.126. The highest BCUT2D eigenvalue weighted by Crippen LogP contribution is 2.50. The van der Waals surface area contributed by atoms with Crippen LogP contribution in [-0.2, 0) is 9.59 Å². The highest BCUT2D eigenvalue weighted by atomic mass is 16.4. The number of benzene rings is 1. The van der Waals surface area contributed by atoms with Gasteiger partial charge in [0.1, 0.15) is 6.04 Å². The molecule has 112 valence electrons. The number of amides is 1. The molecule has 1 saturated heterocycles. The summed E-state index contributed by atoms with van der Waals surface area (Å²) in [4.78, 5) is 25.6. The van der Waals surface area contributed by atoms with E-state index in [4.69, 9.17) is 5.73 Å². The van der Waals surface area contributed by atoms with Crippen LogP contribution in [0.5, 0.6) is 0 Å². The molecule has 1 heterocycles. The van der Waals surface area contributed by atoms with Gasteiger partial charge in [-0.25, -0.2) is 0 Å². The molecule has 0 radical (unpaired) electrons. The summed E-state index contributed by atoms with van der Waals surface area (Å²) in [5.41, 5.74) is 5.74. The average Bonchev–Trinajstić information content (AvgIpc) is 2.97. The van der Waals surface area contributed by atoms with Crippen LogP contribution in [0.25, 0.3) is 0 Å². The number of carboxylic acids is 1. The van der Waals surface area contributed by atoms with Gasteiger partial charge in [0, 0.05) is 13.1 Å². The molecule has 3 rings (SSSR count). The van der Waals surface area contributed by atoms with Crippen molar-refractivity contribution in [2.45, 2.75) is 25.3 Å². The lowest BCUT2D eigenvalue weighted by molar-refractivity contribution is -0.149. The molecule has 0 spiro atoms. The molecule has 1 saturated carbocycles. The number of nitrogens with zero attached hydrogens (tertiary/aromatic N) is 1. The number of rotatable bonds is 4. The van der Waals surface area contributed by atoms with E-state index in [0.717, 1.165) is 18.4 Å². The van der Waals surface area contributed by atoms with Crippen molar-refractivity contribution in [3.63, 3.8) is 0 Å². The number of hydrogen-bond donors (Lipinski definition) is 2. The quantitative estimate of drug-likeness (QED) is 0.877. The van der Waals surface area contributed by atoms with Gasteiger partial charge in [0.25, 0.3) is 0 Å². The molecule has 2 aliphatic rings. The van der Waals surface area contributed by atoms with Crippen LogP contribution in [0.2, 0.25) is 0 Å². The molecule has 1 amide bonds. The average molecular weight is 288 g/mol. The summed E-state index contributed by atoms with van der Waals surface area (Å²) in [6, 6.07) is 8.84. The molecule has 0 bridgehead atoms. The van der Waals surface area contributed by atoms with Crippen LogP contribution >= 0.6 is 0 Å². The lowest BCUT2D eigenvalue weighted by Crippen LogP contribution is -2.40. The van der Waals surface area contributed by atoms with Crippen molar-refractivity contribution in [3.8, 4) is 0 Å². The molecule has 3 atom stereocenters. The summed E-state index contributed by atoms with van der Waals surface area (Å²) < 4.78 is 0. The predicted molar refractivity (Wildman–Crippen MR) is 77.4 cm³/mol. The first-order valence-electron chi connectivity index (χ1n) is 7.36. The van der Waals surface area contributed by atoms with Gasteiger partial charge in [-0.05, 0) is 24.3 Å².